The van der Waals surface area contributed by atoms with E-state index in [1.54, 1.807) is 12.5 Å². The van der Waals surface area contributed by atoms with Crippen molar-refractivity contribution in [2.45, 2.75) is 45.1 Å². The fourth-order valence-electron chi connectivity index (χ4n) is 2.82. The van der Waals surface area contributed by atoms with Crippen LogP contribution in [0.25, 0.3) is 5.82 Å². The first-order chi connectivity index (χ1) is 10.2. The summed E-state index contributed by atoms with van der Waals surface area (Å²) in [6, 6.07) is 3.96. The molecule has 1 fully saturated rings. The first-order valence-corrected chi connectivity index (χ1v) is 7.50. The van der Waals surface area contributed by atoms with Gasteiger partial charge < -0.3 is 5.32 Å². The van der Waals surface area contributed by atoms with Crippen LogP contribution in [-0.2, 0) is 0 Å². The number of pyridine rings is 1. The van der Waals surface area contributed by atoms with Gasteiger partial charge in [0.05, 0.1) is 0 Å². The van der Waals surface area contributed by atoms with E-state index in [1.807, 2.05) is 29.8 Å². The number of nitrogens with zero attached hydrogens (tertiary/aromatic N) is 3. The summed E-state index contributed by atoms with van der Waals surface area (Å²) in [7, 11) is 0. The highest BCUT2D eigenvalue weighted by atomic mass is 16.1. The minimum atomic E-state index is -0.00577. The van der Waals surface area contributed by atoms with Gasteiger partial charge in [-0.15, -0.1) is 0 Å². The molecule has 2 aromatic rings. The molecule has 1 amide bonds. The summed E-state index contributed by atoms with van der Waals surface area (Å²) in [6.07, 6.45) is 11.1. The van der Waals surface area contributed by atoms with Gasteiger partial charge in [0.15, 0.2) is 0 Å². The first-order valence-electron chi connectivity index (χ1n) is 7.50. The topological polar surface area (TPSA) is 59.8 Å². The summed E-state index contributed by atoms with van der Waals surface area (Å²) in [6.45, 7) is 1.90. The van der Waals surface area contributed by atoms with Crippen LogP contribution in [0.1, 0.15) is 48.2 Å². The third-order valence-electron chi connectivity index (χ3n) is 3.91. The number of carbonyl (C=O) groups excluding carboxylic acids is 1. The molecule has 2 heterocycles. The van der Waals surface area contributed by atoms with Gasteiger partial charge in [0.1, 0.15) is 12.1 Å². The molecule has 110 valence electrons. The predicted molar refractivity (Wildman–Crippen MR) is 80.4 cm³/mol. The average Bonchev–Trinajstić information content (AvgIpc) is 3.02. The van der Waals surface area contributed by atoms with Crippen LogP contribution in [0.4, 0.5) is 0 Å². The van der Waals surface area contributed by atoms with E-state index < -0.39 is 0 Å². The van der Waals surface area contributed by atoms with E-state index in [2.05, 4.69) is 15.3 Å². The van der Waals surface area contributed by atoms with E-state index in [4.69, 9.17) is 0 Å². The number of rotatable bonds is 3. The Hall–Kier alpha value is -2.17. The molecule has 1 aliphatic carbocycles. The number of aromatic nitrogens is 3. The van der Waals surface area contributed by atoms with Crippen molar-refractivity contribution in [3.63, 3.8) is 0 Å². The van der Waals surface area contributed by atoms with Gasteiger partial charge in [-0.25, -0.2) is 9.97 Å². The van der Waals surface area contributed by atoms with Gasteiger partial charge in [-0.3, -0.25) is 9.36 Å². The fraction of sp³-hybridized carbons (Fsp3) is 0.438. The fourth-order valence-corrected chi connectivity index (χ4v) is 2.82. The molecule has 2 aromatic heterocycles. The van der Waals surface area contributed by atoms with Crippen LogP contribution in [0.3, 0.4) is 0 Å². The third kappa shape index (κ3) is 3.29. The smallest absolute Gasteiger partial charge is 0.251 e. The first kappa shape index (κ1) is 13.8. The van der Waals surface area contributed by atoms with Crippen LogP contribution in [0.5, 0.6) is 0 Å². The Balaban J connectivity index is 1.79. The Morgan fingerprint density at radius 2 is 2.10 bits per heavy atom. The predicted octanol–water partition coefficient (Wildman–Crippen LogP) is 2.64. The van der Waals surface area contributed by atoms with Crippen LogP contribution >= 0.6 is 0 Å². The average molecular weight is 284 g/mol. The quantitative estimate of drug-likeness (QED) is 0.942. The van der Waals surface area contributed by atoms with Crippen molar-refractivity contribution in [1.29, 1.82) is 0 Å². The molecular formula is C16H20N4O. The molecule has 5 nitrogen and oxygen atoms in total. The Kier molecular flexibility index (Phi) is 3.99. The highest BCUT2D eigenvalue weighted by molar-refractivity contribution is 5.94. The lowest BCUT2D eigenvalue weighted by molar-refractivity contribution is 0.0927. The SMILES string of the molecule is Cc1cc(C(=O)NC2CCCCC2)cc(-n2ccnc2)n1. The number of hydrogen-bond acceptors (Lipinski definition) is 3. The van der Waals surface area contributed by atoms with Crippen molar-refractivity contribution in [2.75, 3.05) is 0 Å². The highest BCUT2D eigenvalue weighted by Crippen LogP contribution is 2.18. The molecule has 1 saturated carbocycles. The summed E-state index contributed by atoms with van der Waals surface area (Å²) >= 11 is 0. The largest absolute Gasteiger partial charge is 0.349 e. The lowest BCUT2D eigenvalue weighted by Crippen LogP contribution is -2.36. The molecule has 0 aliphatic heterocycles. The van der Waals surface area contributed by atoms with Gasteiger partial charge in [-0.1, -0.05) is 19.3 Å². The molecule has 0 unspecified atom stereocenters. The number of aryl methyl sites for hydroxylation is 1. The summed E-state index contributed by atoms with van der Waals surface area (Å²) in [5.41, 5.74) is 1.49. The Morgan fingerprint density at radius 3 is 2.81 bits per heavy atom. The van der Waals surface area contributed by atoms with Crippen LogP contribution in [-0.4, -0.2) is 26.5 Å². The Labute approximate surface area is 124 Å². The van der Waals surface area contributed by atoms with Gasteiger partial charge in [0.2, 0.25) is 0 Å². The molecule has 0 saturated heterocycles. The van der Waals surface area contributed by atoms with E-state index in [1.165, 1.54) is 19.3 Å². The van der Waals surface area contributed by atoms with Crippen LogP contribution in [0.15, 0.2) is 30.9 Å². The second kappa shape index (κ2) is 6.08. The second-order valence-corrected chi connectivity index (χ2v) is 5.63. The zero-order valence-electron chi connectivity index (χ0n) is 12.2. The van der Waals surface area contributed by atoms with E-state index in [-0.39, 0.29) is 5.91 Å². The standard InChI is InChI=1S/C16H20N4O/c1-12-9-13(10-15(18-12)20-8-7-17-11-20)16(21)19-14-5-3-2-4-6-14/h7-11,14H,2-6H2,1H3,(H,19,21). The molecule has 0 atom stereocenters. The summed E-state index contributed by atoms with van der Waals surface area (Å²) in [4.78, 5) is 20.9. The molecule has 5 heteroatoms. The van der Waals surface area contributed by atoms with Gasteiger partial charge in [0, 0.05) is 29.7 Å². The maximum absolute atomic E-state index is 12.4. The zero-order chi connectivity index (χ0) is 14.7. The number of imidazole rings is 1. The van der Waals surface area contributed by atoms with E-state index in [0.717, 1.165) is 24.4 Å². The molecule has 1 aliphatic rings. The molecule has 0 radical (unpaired) electrons. The van der Waals surface area contributed by atoms with Gasteiger partial charge in [-0.2, -0.15) is 0 Å². The molecule has 0 spiro atoms. The van der Waals surface area contributed by atoms with Crippen molar-refractivity contribution >= 4 is 5.91 Å². The highest BCUT2D eigenvalue weighted by Gasteiger charge is 2.17. The number of hydrogen-bond donors (Lipinski definition) is 1. The lowest BCUT2D eigenvalue weighted by atomic mass is 9.95. The van der Waals surface area contributed by atoms with Crippen LogP contribution < -0.4 is 5.32 Å². The minimum Gasteiger partial charge on any atom is -0.349 e. The summed E-state index contributed by atoms with van der Waals surface area (Å²) in [5.74, 6) is 0.718. The number of nitrogens with one attached hydrogen (secondary N) is 1. The maximum atomic E-state index is 12.4. The minimum absolute atomic E-state index is 0.00577. The van der Waals surface area contributed by atoms with Gasteiger partial charge >= 0.3 is 0 Å². The summed E-state index contributed by atoms with van der Waals surface area (Å²) < 4.78 is 1.81. The van der Waals surface area contributed by atoms with Crippen LogP contribution in [0, 0.1) is 6.92 Å². The van der Waals surface area contributed by atoms with Crippen molar-refractivity contribution in [3.05, 3.63) is 42.1 Å². The van der Waals surface area contributed by atoms with Crippen LogP contribution in [0.2, 0.25) is 0 Å². The molecule has 0 aromatic carbocycles. The lowest BCUT2D eigenvalue weighted by Gasteiger charge is -2.22. The van der Waals surface area contributed by atoms with Crippen molar-refractivity contribution in [3.8, 4) is 5.82 Å². The van der Waals surface area contributed by atoms with E-state index in [0.29, 0.717) is 11.6 Å². The van der Waals surface area contributed by atoms with E-state index >= 15 is 0 Å². The second-order valence-electron chi connectivity index (χ2n) is 5.63. The summed E-state index contributed by atoms with van der Waals surface area (Å²) in [5, 5.41) is 3.14. The zero-order valence-corrected chi connectivity index (χ0v) is 12.2. The Bertz CT molecular complexity index is 615. The molecule has 3 rings (SSSR count). The number of amides is 1. The monoisotopic (exact) mass is 284 g/mol. The Morgan fingerprint density at radius 1 is 1.29 bits per heavy atom. The van der Waals surface area contributed by atoms with E-state index in [9.17, 15) is 4.79 Å². The van der Waals surface area contributed by atoms with Crippen molar-refractivity contribution in [1.82, 2.24) is 19.9 Å². The van der Waals surface area contributed by atoms with Gasteiger partial charge in [0.25, 0.3) is 5.91 Å². The maximum Gasteiger partial charge on any atom is 0.251 e. The van der Waals surface area contributed by atoms with Crippen molar-refractivity contribution in [2.24, 2.45) is 0 Å². The third-order valence-corrected chi connectivity index (χ3v) is 3.91. The molecular weight excluding hydrogens is 264 g/mol. The molecule has 0 bridgehead atoms. The normalized spacial score (nSPS) is 15.9. The van der Waals surface area contributed by atoms with Gasteiger partial charge in [-0.05, 0) is 31.9 Å². The molecule has 1 N–H and O–H groups in total. The van der Waals surface area contributed by atoms with Crippen molar-refractivity contribution < 1.29 is 4.79 Å². The number of carbonyl (C=O) groups is 1. The molecule has 21 heavy (non-hydrogen) atoms.